The first-order valence-electron chi connectivity index (χ1n) is 12.5. The first-order valence-corrected chi connectivity index (χ1v) is 12.5. The average Bonchev–Trinajstić information content (AvgIpc) is 3.49. The summed E-state index contributed by atoms with van der Waals surface area (Å²) in [6, 6.07) is 6.36. The Morgan fingerprint density at radius 1 is 1.24 bits per heavy atom. The van der Waals surface area contributed by atoms with Crippen molar-refractivity contribution < 1.29 is 33.3 Å². The van der Waals surface area contributed by atoms with Crippen LogP contribution in [0, 0.1) is 11.6 Å². The van der Waals surface area contributed by atoms with Crippen molar-refractivity contribution in [2.24, 2.45) is 0 Å². The summed E-state index contributed by atoms with van der Waals surface area (Å²) >= 11 is 0. The fraction of sp³-hybridized carbons (Fsp3) is 0.429. The Kier molecular flexibility index (Phi) is 6.43. The largest absolute Gasteiger partial charge is 0.494 e. The minimum absolute atomic E-state index is 0.0438. The van der Waals surface area contributed by atoms with E-state index < -0.39 is 28.6 Å². The Labute approximate surface area is 218 Å². The number of aromatic nitrogens is 3. The van der Waals surface area contributed by atoms with Gasteiger partial charge in [-0.25, -0.2) is 13.6 Å². The molecule has 1 aliphatic rings. The maximum Gasteiger partial charge on any atom is 0.335 e. The number of ether oxygens (including phenoxy) is 2. The van der Waals surface area contributed by atoms with Gasteiger partial charge in [0.05, 0.1) is 25.4 Å². The number of aliphatic carboxylic acids is 1. The molecule has 38 heavy (non-hydrogen) atoms. The van der Waals surface area contributed by atoms with Crippen LogP contribution in [0.2, 0.25) is 0 Å². The number of hydrogen-bond donors (Lipinski definition) is 3. The number of fused-ring (bicyclic) bond motifs is 2. The second kappa shape index (κ2) is 9.36. The Balaban J connectivity index is 1.87. The highest BCUT2D eigenvalue weighted by molar-refractivity contribution is 6.00. The van der Waals surface area contributed by atoms with E-state index in [-0.39, 0.29) is 30.0 Å². The van der Waals surface area contributed by atoms with Gasteiger partial charge in [0.25, 0.3) is 0 Å². The zero-order valence-electron chi connectivity index (χ0n) is 21.8. The second-order valence-electron chi connectivity index (χ2n) is 10.8. The van der Waals surface area contributed by atoms with Crippen molar-refractivity contribution in [3.05, 3.63) is 53.4 Å². The molecule has 3 N–H and O–H groups in total. The van der Waals surface area contributed by atoms with Crippen molar-refractivity contribution in [2.45, 2.75) is 56.5 Å². The number of aromatic amines is 1. The molecule has 202 valence electrons. The average molecular weight is 528 g/mol. The molecule has 0 amide bonds. The van der Waals surface area contributed by atoms with Crippen molar-refractivity contribution >= 4 is 27.8 Å². The smallest absolute Gasteiger partial charge is 0.335 e. The van der Waals surface area contributed by atoms with Gasteiger partial charge in [-0.3, -0.25) is 5.10 Å². The quantitative estimate of drug-likeness (QED) is 0.305. The highest BCUT2D eigenvalue weighted by Gasteiger charge is 2.43. The molecule has 0 unspecified atom stereocenters. The first kappa shape index (κ1) is 26.1. The molecule has 4 aromatic rings. The van der Waals surface area contributed by atoms with E-state index in [0.29, 0.717) is 41.4 Å². The number of rotatable bonds is 7. The maximum absolute atomic E-state index is 16.3. The van der Waals surface area contributed by atoms with E-state index in [2.05, 4.69) is 10.2 Å². The number of nitrogens with one attached hydrogen (secondary N) is 1. The SMILES string of the molecule is COCC(C)(C)c1c([C@H]2CC[C@](O)(C(=O)O)CC2)c2c(F)c3[nH]ncc3cc2n1-c1ccc(F)c(OC)c1. The third kappa shape index (κ3) is 4.03. The summed E-state index contributed by atoms with van der Waals surface area (Å²) < 4.78 is 43.5. The van der Waals surface area contributed by atoms with Crippen molar-refractivity contribution in [1.82, 2.24) is 14.8 Å². The van der Waals surface area contributed by atoms with Crippen LogP contribution in [0.4, 0.5) is 8.78 Å². The predicted molar refractivity (Wildman–Crippen MR) is 138 cm³/mol. The summed E-state index contributed by atoms with van der Waals surface area (Å²) in [4.78, 5) is 11.7. The Bertz CT molecular complexity index is 1530. The molecule has 10 heteroatoms. The molecule has 2 aromatic carbocycles. The lowest BCUT2D eigenvalue weighted by atomic mass is 9.73. The van der Waals surface area contributed by atoms with Crippen molar-refractivity contribution in [2.75, 3.05) is 20.8 Å². The molecular formula is C28H31F2N3O5. The minimum Gasteiger partial charge on any atom is -0.494 e. The van der Waals surface area contributed by atoms with Gasteiger partial charge in [0.2, 0.25) is 0 Å². The van der Waals surface area contributed by atoms with Gasteiger partial charge < -0.3 is 24.3 Å². The monoisotopic (exact) mass is 527 g/mol. The number of halogens is 2. The molecule has 1 aliphatic carbocycles. The van der Waals surface area contributed by atoms with E-state index in [4.69, 9.17) is 9.47 Å². The molecule has 5 rings (SSSR count). The number of carboxylic acid groups (broad SMARTS) is 1. The van der Waals surface area contributed by atoms with E-state index in [9.17, 15) is 19.4 Å². The number of nitrogens with zero attached hydrogens (tertiary/aromatic N) is 2. The molecule has 0 saturated heterocycles. The molecule has 0 aliphatic heterocycles. The van der Waals surface area contributed by atoms with Crippen molar-refractivity contribution in [3.63, 3.8) is 0 Å². The molecule has 2 aromatic heterocycles. The number of carboxylic acids is 1. The standard InChI is InChI=1S/C28H31F2N3O5/c1-27(2,14-37-3)25-21(15-7-9-28(36,10-8-15)26(34)35)22-19(11-16-13-31-32-24(16)23(22)30)33(25)17-5-6-18(29)20(12-17)38-4/h5-6,11-13,15,36H,7-10,14H2,1-4H3,(H,31,32)(H,34,35)/t15-,28+. The second-order valence-corrected chi connectivity index (χ2v) is 10.8. The summed E-state index contributed by atoms with van der Waals surface area (Å²) in [5, 5.41) is 27.9. The summed E-state index contributed by atoms with van der Waals surface area (Å²) in [5.74, 6) is -2.42. The van der Waals surface area contributed by atoms with Crippen LogP contribution in [0.1, 0.15) is 56.7 Å². The number of aliphatic hydroxyl groups is 1. The highest BCUT2D eigenvalue weighted by Crippen LogP contribution is 2.48. The van der Waals surface area contributed by atoms with Gasteiger partial charge in [-0.15, -0.1) is 0 Å². The van der Waals surface area contributed by atoms with Crippen LogP contribution in [0.5, 0.6) is 5.75 Å². The molecule has 0 radical (unpaired) electrons. The van der Waals surface area contributed by atoms with E-state index >= 15 is 4.39 Å². The van der Waals surface area contributed by atoms with E-state index in [1.54, 1.807) is 25.4 Å². The number of benzene rings is 2. The van der Waals surface area contributed by atoms with Gasteiger partial charge in [-0.1, -0.05) is 13.8 Å². The van der Waals surface area contributed by atoms with Gasteiger partial charge in [0.15, 0.2) is 23.0 Å². The van der Waals surface area contributed by atoms with E-state index in [1.165, 1.54) is 13.2 Å². The topological polar surface area (TPSA) is 110 Å². The number of hydrogen-bond acceptors (Lipinski definition) is 5. The molecule has 8 nitrogen and oxygen atoms in total. The summed E-state index contributed by atoms with van der Waals surface area (Å²) in [6.45, 7) is 4.29. The van der Waals surface area contributed by atoms with Crippen molar-refractivity contribution in [1.29, 1.82) is 0 Å². The van der Waals surface area contributed by atoms with Crippen LogP contribution in [-0.4, -0.2) is 57.4 Å². The summed E-state index contributed by atoms with van der Waals surface area (Å²) in [7, 11) is 2.98. The van der Waals surface area contributed by atoms with E-state index in [1.807, 2.05) is 24.5 Å². The van der Waals surface area contributed by atoms with Crippen LogP contribution < -0.4 is 4.74 Å². The van der Waals surface area contributed by atoms with Crippen LogP contribution in [-0.2, 0) is 14.9 Å². The van der Waals surface area contributed by atoms with Crippen LogP contribution in [0.15, 0.2) is 30.5 Å². The molecule has 0 atom stereocenters. The zero-order valence-corrected chi connectivity index (χ0v) is 21.8. The predicted octanol–water partition coefficient (Wildman–Crippen LogP) is 5.19. The number of H-pyrrole nitrogens is 1. The van der Waals surface area contributed by atoms with Crippen LogP contribution >= 0.6 is 0 Å². The lowest BCUT2D eigenvalue weighted by Gasteiger charge is -2.35. The van der Waals surface area contributed by atoms with Crippen molar-refractivity contribution in [3.8, 4) is 11.4 Å². The van der Waals surface area contributed by atoms with Gasteiger partial charge in [-0.2, -0.15) is 5.10 Å². The molecular weight excluding hydrogens is 496 g/mol. The lowest BCUT2D eigenvalue weighted by Crippen LogP contribution is -2.42. The molecule has 0 spiro atoms. The van der Waals surface area contributed by atoms with Crippen LogP contribution in [0.25, 0.3) is 27.5 Å². The third-order valence-corrected chi connectivity index (χ3v) is 7.80. The highest BCUT2D eigenvalue weighted by atomic mass is 19.1. The zero-order chi connectivity index (χ0) is 27.4. The minimum atomic E-state index is -1.81. The molecule has 1 fully saturated rings. The normalized spacial score (nSPS) is 20.3. The summed E-state index contributed by atoms with van der Waals surface area (Å²) in [5.41, 5.74) is 0.471. The number of carbonyl (C=O) groups is 1. The van der Waals surface area contributed by atoms with Gasteiger partial charge in [0, 0.05) is 40.7 Å². The van der Waals surface area contributed by atoms with Crippen LogP contribution in [0.3, 0.4) is 0 Å². The maximum atomic E-state index is 16.3. The fourth-order valence-electron chi connectivity index (χ4n) is 5.98. The van der Waals surface area contributed by atoms with Gasteiger partial charge >= 0.3 is 5.97 Å². The van der Waals surface area contributed by atoms with Gasteiger partial charge in [0.1, 0.15) is 5.52 Å². The molecule has 0 bridgehead atoms. The Morgan fingerprint density at radius 2 is 1.95 bits per heavy atom. The van der Waals surface area contributed by atoms with E-state index in [0.717, 1.165) is 11.3 Å². The lowest BCUT2D eigenvalue weighted by molar-refractivity contribution is -0.162. The molecule has 1 saturated carbocycles. The third-order valence-electron chi connectivity index (χ3n) is 7.80. The Hall–Kier alpha value is -3.50. The fourth-order valence-corrected chi connectivity index (χ4v) is 5.98. The first-order chi connectivity index (χ1) is 18.0. The number of methoxy groups -OCH3 is 2. The molecule has 2 heterocycles. The Morgan fingerprint density at radius 3 is 2.58 bits per heavy atom. The summed E-state index contributed by atoms with van der Waals surface area (Å²) in [6.07, 6.45) is 2.34. The van der Waals surface area contributed by atoms with Gasteiger partial charge in [-0.05, 0) is 55.4 Å².